The average Bonchev–Trinajstić information content (AvgIpc) is 2.39. The highest BCUT2D eigenvalue weighted by Crippen LogP contribution is 2.18. The first-order valence-corrected chi connectivity index (χ1v) is 7.32. The number of rotatable bonds is 5. The summed E-state index contributed by atoms with van der Waals surface area (Å²) in [4.78, 5) is 3.84. The van der Waals surface area contributed by atoms with Crippen LogP contribution in [0.2, 0.25) is 0 Å². The van der Waals surface area contributed by atoms with Crippen LogP contribution in [0.3, 0.4) is 0 Å². The quantitative estimate of drug-likeness (QED) is 0.873. The van der Waals surface area contributed by atoms with Crippen LogP contribution >= 0.6 is 0 Å². The second-order valence-corrected chi connectivity index (χ2v) is 5.84. The van der Waals surface area contributed by atoms with Gasteiger partial charge in [-0.1, -0.05) is 12.1 Å². The Bertz CT molecular complexity index is 702. The van der Waals surface area contributed by atoms with E-state index in [9.17, 15) is 8.42 Å². The molecule has 0 aliphatic carbocycles. The summed E-state index contributed by atoms with van der Waals surface area (Å²) in [5, 5.41) is 0. The summed E-state index contributed by atoms with van der Waals surface area (Å²) in [5.74, 6) is 0.154. The van der Waals surface area contributed by atoms with Gasteiger partial charge in [0.1, 0.15) is 5.82 Å². The lowest BCUT2D eigenvalue weighted by molar-refractivity contribution is 0.185. The van der Waals surface area contributed by atoms with Gasteiger partial charge in [0.2, 0.25) is 0 Å². The summed E-state index contributed by atoms with van der Waals surface area (Å²) in [6.45, 7) is 0.414. The monoisotopic (exact) mass is 293 g/mol. The molecule has 1 aromatic carbocycles. The zero-order valence-corrected chi connectivity index (χ0v) is 11.7. The van der Waals surface area contributed by atoms with Gasteiger partial charge in [-0.15, -0.1) is 0 Å². The van der Waals surface area contributed by atoms with Crippen LogP contribution in [-0.2, 0) is 21.4 Å². The fraction of sp³-hybridized carbons (Fsp3) is 0.154. The number of pyridine rings is 1. The Morgan fingerprint density at radius 1 is 1.30 bits per heavy atom. The molecule has 0 unspecified atom stereocenters. The van der Waals surface area contributed by atoms with Crippen LogP contribution < -0.4 is 10.5 Å². The van der Waals surface area contributed by atoms with E-state index in [2.05, 4.69) is 9.71 Å². The Morgan fingerprint density at radius 2 is 2.10 bits per heavy atom. The first-order chi connectivity index (χ1) is 9.51. The molecule has 0 radical (unpaired) electrons. The van der Waals surface area contributed by atoms with E-state index < -0.39 is 10.0 Å². The van der Waals surface area contributed by atoms with Gasteiger partial charge in [0.15, 0.2) is 0 Å². The number of nitrogens with two attached hydrogens (primary N) is 1. The Morgan fingerprint density at radius 3 is 2.80 bits per heavy atom. The Balaban J connectivity index is 2.26. The predicted octanol–water partition coefficient (Wildman–Crippen LogP) is 1.61. The maximum atomic E-state index is 12.2. The number of hydrogen-bond donors (Lipinski definition) is 2. The van der Waals surface area contributed by atoms with Crippen LogP contribution in [-0.4, -0.2) is 20.5 Å². The number of ether oxygens (including phenoxy) is 1. The van der Waals surface area contributed by atoms with E-state index >= 15 is 0 Å². The fourth-order valence-electron chi connectivity index (χ4n) is 1.70. The van der Waals surface area contributed by atoms with Gasteiger partial charge in [-0.2, -0.15) is 0 Å². The summed E-state index contributed by atoms with van der Waals surface area (Å²) >= 11 is 0. The molecule has 0 spiro atoms. The number of nitrogens with zero attached hydrogens (tertiary/aromatic N) is 1. The fourth-order valence-corrected chi connectivity index (χ4v) is 2.77. The van der Waals surface area contributed by atoms with Crippen LogP contribution in [0.5, 0.6) is 0 Å². The van der Waals surface area contributed by atoms with Gasteiger partial charge in [0.25, 0.3) is 10.0 Å². The molecule has 0 fully saturated rings. The predicted molar refractivity (Wildman–Crippen MR) is 76.6 cm³/mol. The minimum atomic E-state index is -3.68. The molecule has 0 amide bonds. The second kappa shape index (κ2) is 5.89. The van der Waals surface area contributed by atoms with Crippen LogP contribution in [0.15, 0.2) is 47.5 Å². The standard InChI is InChI=1S/C13H15N3O3S/c1-19-9-10-3-2-4-11(7-10)16-20(17,18)12-5-6-15-13(14)8-12/h2-8,16H,9H2,1H3,(H2,14,15). The number of hydrogen-bond acceptors (Lipinski definition) is 5. The summed E-state index contributed by atoms with van der Waals surface area (Å²) in [5.41, 5.74) is 6.84. The molecule has 3 N–H and O–H groups in total. The number of aromatic nitrogens is 1. The van der Waals surface area contributed by atoms with Gasteiger partial charge >= 0.3 is 0 Å². The zero-order valence-electron chi connectivity index (χ0n) is 10.9. The number of methoxy groups -OCH3 is 1. The van der Waals surface area contributed by atoms with E-state index in [0.717, 1.165) is 5.56 Å². The van der Waals surface area contributed by atoms with Gasteiger partial charge < -0.3 is 10.5 Å². The molecule has 6 nitrogen and oxygen atoms in total. The van der Waals surface area contributed by atoms with Crippen LogP contribution in [0.4, 0.5) is 11.5 Å². The number of sulfonamides is 1. The van der Waals surface area contributed by atoms with Gasteiger partial charge in [0.05, 0.1) is 11.5 Å². The number of anilines is 2. The minimum Gasteiger partial charge on any atom is -0.384 e. The van der Waals surface area contributed by atoms with E-state index in [1.807, 2.05) is 6.07 Å². The Hall–Kier alpha value is -2.12. The van der Waals surface area contributed by atoms with Gasteiger partial charge in [0, 0.05) is 25.1 Å². The molecule has 2 rings (SSSR count). The lowest BCUT2D eigenvalue weighted by Crippen LogP contribution is -2.13. The summed E-state index contributed by atoms with van der Waals surface area (Å²) in [6.07, 6.45) is 1.35. The number of nitrogen functional groups attached to an aromatic ring is 1. The molecular formula is C13H15N3O3S. The van der Waals surface area contributed by atoms with E-state index in [4.69, 9.17) is 10.5 Å². The highest BCUT2D eigenvalue weighted by molar-refractivity contribution is 7.92. The van der Waals surface area contributed by atoms with Gasteiger partial charge in [-0.3, -0.25) is 4.72 Å². The zero-order chi connectivity index (χ0) is 14.6. The van der Waals surface area contributed by atoms with E-state index in [0.29, 0.717) is 12.3 Å². The van der Waals surface area contributed by atoms with Crippen LogP contribution in [0.25, 0.3) is 0 Å². The highest BCUT2D eigenvalue weighted by atomic mass is 32.2. The SMILES string of the molecule is COCc1cccc(NS(=O)(=O)c2ccnc(N)c2)c1. The lowest BCUT2D eigenvalue weighted by Gasteiger charge is -2.09. The van der Waals surface area contributed by atoms with E-state index in [1.54, 1.807) is 25.3 Å². The van der Waals surface area contributed by atoms with Crippen molar-refractivity contribution in [3.63, 3.8) is 0 Å². The Kier molecular flexibility index (Phi) is 4.21. The van der Waals surface area contributed by atoms with E-state index in [-0.39, 0.29) is 10.7 Å². The van der Waals surface area contributed by atoms with Crippen molar-refractivity contribution < 1.29 is 13.2 Å². The van der Waals surface area contributed by atoms with Gasteiger partial charge in [-0.05, 0) is 23.8 Å². The molecule has 0 saturated carbocycles. The normalized spacial score (nSPS) is 11.2. The molecule has 0 saturated heterocycles. The third kappa shape index (κ3) is 3.46. The van der Waals surface area contributed by atoms with Crippen LogP contribution in [0, 0.1) is 0 Å². The molecule has 1 heterocycles. The largest absolute Gasteiger partial charge is 0.384 e. The molecule has 20 heavy (non-hydrogen) atoms. The highest BCUT2D eigenvalue weighted by Gasteiger charge is 2.14. The first kappa shape index (κ1) is 14.3. The van der Waals surface area contributed by atoms with Gasteiger partial charge in [-0.25, -0.2) is 13.4 Å². The van der Waals surface area contributed by atoms with Crippen LogP contribution in [0.1, 0.15) is 5.56 Å². The second-order valence-electron chi connectivity index (χ2n) is 4.16. The third-order valence-electron chi connectivity index (χ3n) is 2.55. The smallest absolute Gasteiger partial charge is 0.262 e. The average molecular weight is 293 g/mol. The summed E-state index contributed by atoms with van der Waals surface area (Å²) in [7, 11) is -2.10. The summed E-state index contributed by atoms with van der Waals surface area (Å²) < 4.78 is 31.9. The summed E-state index contributed by atoms with van der Waals surface area (Å²) in [6, 6.07) is 9.69. The van der Waals surface area contributed by atoms with Crippen molar-refractivity contribution in [3.8, 4) is 0 Å². The van der Waals surface area contributed by atoms with Crippen molar-refractivity contribution in [2.45, 2.75) is 11.5 Å². The minimum absolute atomic E-state index is 0.0714. The lowest BCUT2D eigenvalue weighted by atomic mass is 10.2. The molecule has 0 aliphatic heterocycles. The third-order valence-corrected chi connectivity index (χ3v) is 3.93. The number of nitrogens with one attached hydrogen (secondary N) is 1. The van der Waals surface area contributed by atoms with Crippen molar-refractivity contribution in [1.29, 1.82) is 0 Å². The molecule has 0 bridgehead atoms. The molecule has 2 aromatic rings. The topological polar surface area (TPSA) is 94.3 Å². The molecular weight excluding hydrogens is 278 g/mol. The number of benzene rings is 1. The van der Waals surface area contributed by atoms with Crippen molar-refractivity contribution in [3.05, 3.63) is 48.2 Å². The van der Waals surface area contributed by atoms with Crippen molar-refractivity contribution in [1.82, 2.24) is 4.98 Å². The maximum absolute atomic E-state index is 12.2. The molecule has 0 atom stereocenters. The van der Waals surface area contributed by atoms with E-state index in [1.165, 1.54) is 18.3 Å². The van der Waals surface area contributed by atoms with Crippen molar-refractivity contribution in [2.24, 2.45) is 0 Å². The maximum Gasteiger partial charge on any atom is 0.262 e. The van der Waals surface area contributed by atoms with Crippen molar-refractivity contribution in [2.75, 3.05) is 17.6 Å². The molecule has 0 aliphatic rings. The molecule has 106 valence electrons. The molecule has 1 aromatic heterocycles. The Labute approximate surface area is 117 Å². The van der Waals surface area contributed by atoms with Crippen molar-refractivity contribution >= 4 is 21.5 Å². The first-order valence-electron chi connectivity index (χ1n) is 5.83. The molecule has 7 heteroatoms.